The first-order chi connectivity index (χ1) is 12.7. The second-order valence-electron chi connectivity index (χ2n) is 7.65. The molecule has 4 heteroatoms. The number of rotatable bonds is 8. The normalized spacial score (nSPS) is 11.6. The summed E-state index contributed by atoms with van der Waals surface area (Å²) in [6.45, 7) is 13.2. The molecule has 4 nitrogen and oxygen atoms in total. The first-order valence-electron chi connectivity index (χ1n) is 9.43. The van der Waals surface area contributed by atoms with Crippen molar-refractivity contribution in [3.63, 3.8) is 0 Å². The van der Waals surface area contributed by atoms with Crippen molar-refractivity contribution >= 4 is 0 Å². The summed E-state index contributed by atoms with van der Waals surface area (Å²) >= 11 is 0. The molecule has 148 valence electrons. The average Bonchev–Trinajstić information content (AvgIpc) is 2.60. The summed E-state index contributed by atoms with van der Waals surface area (Å²) in [6, 6.07) is 8.67. The van der Waals surface area contributed by atoms with Crippen LogP contribution in [-0.2, 0) is 5.41 Å². The van der Waals surface area contributed by atoms with Crippen molar-refractivity contribution in [3.05, 3.63) is 57.6 Å². The van der Waals surface area contributed by atoms with E-state index in [-0.39, 0.29) is 18.6 Å². The predicted octanol–water partition coefficient (Wildman–Crippen LogP) is 3.99. The monoisotopic (exact) mass is 372 g/mol. The van der Waals surface area contributed by atoms with Crippen molar-refractivity contribution in [1.82, 2.24) is 0 Å². The van der Waals surface area contributed by atoms with E-state index < -0.39 is 0 Å². The Bertz CT molecular complexity index is 681. The van der Waals surface area contributed by atoms with E-state index in [9.17, 15) is 0 Å². The van der Waals surface area contributed by atoms with Gasteiger partial charge in [-0.15, -0.1) is 0 Å². The average molecular weight is 373 g/mol. The molecule has 2 aromatic carbocycles. The zero-order chi connectivity index (χ0) is 20.2. The lowest BCUT2D eigenvalue weighted by molar-refractivity contribution is 0.200. The summed E-state index contributed by atoms with van der Waals surface area (Å²) in [5.74, 6) is 1.70. The van der Waals surface area contributed by atoms with Crippen LogP contribution in [0, 0.1) is 27.7 Å². The van der Waals surface area contributed by atoms with Gasteiger partial charge in [0.05, 0.1) is 13.2 Å². The summed E-state index contributed by atoms with van der Waals surface area (Å²) in [5, 5.41) is 18.0. The minimum Gasteiger partial charge on any atom is -0.491 e. The lowest BCUT2D eigenvalue weighted by Gasteiger charge is -2.29. The molecule has 0 saturated heterocycles. The predicted molar refractivity (Wildman–Crippen MR) is 109 cm³/mol. The molecule has 0 fully saturated rings. The fraction of sp³-hybridized carbons (Fsp3) is 0.478. The van der Waals surface area contributed by atoms with Crippen molar-refractivity contribution < 1.29 is 19.7 Å². The molecule has 0 unspecified atom stereocenters. The van der Waals surface area contributed by atoms with E-state index in [0.717, 1.165) is 33.8 Å². The Kier molecular flexibility index (Phi) is 6.90. The zero-order valence-corrected chi connectivity index (χ0v) is 17.3. The maximum Gasteiger partial charge on any atom is 0.125 e. The van der Waals surface area contributed by atoms with Crippen LogP contribution in [-0.4, -0.2) is 36.6 Å². The zero-order valence-electron chi connectivity index (χ0n) is 17.3. The number of aliphatic hydroxyl groups excluding tert-OH is 2. The van der Waals surface area contributed by atoms with Gasteiger partial charge in [0.2, 0.25) is 0 Å². The van der Waals surface area contributed by atoms with Crippen LogP contribution >= 0.6 is 0 Å². The van der Waals surface area contributed by atoms with Gasteiger partial charge in [-0.25, -0.2) is 0 Å². The van der Waals surface area contributed by atoms with E-state index in [2.05, 4.69) is 38.1 Å². The molecule has 0 aliphatic rings. The molecule has 0 saturated carbocycles. The third kappa shape index (κ3) is 4.63. The molecular formula is C23H32O4. The number of hydrogen-bond acceptors (Lipinski definition) is 4. The van der Waals surface area contributed by atoms with E-state index in [4.69, 9.17) is 19.7 Å². The second-order valence-corrected chi connectivity index (χ2v) is 7.65. The molecule has 0 bridgehead atoms. The third-order valence-corrected chi connectivity index (χ3v) is 5.04. The highest BCUT2D eigenvalue weighted by molar-refractivity contribution is 5.52. The minimum absolute atomic E-state index is 0.00930. The highest BCUT2D eigenvalue weighted by Crippen LogP contribution is 2.38. The fourth-order valence-corrected chi connectivity index (χ4v) is 3.54. The summed E-state index contributed by atoms with van der Waals surface area (Å²) < 4.78 is 11.4. The van der Waals surface area contributed by atoms with Crippen LogP contribution in [0.3, 0.4) is 0 Å². The maximum absolute atomic E-state index is 9.02. The molecule has 2 N–H and O–H groups in total. The van der Waals surface area contributed by atoms with Crippen molar-refractivity contribution in [2.24, 2.45) is 0 Å². The number of ether oxygens (including phenoxy) is 2. The first-order valence-corrected chi connectivity index (χ1v) is 9.43. The smallest absolute Gasteiger partial charge is 0.125 e. The van der Waals surface area contributed by atoms with Gasteiger partial charge < -0.3 is 19.7 Å². The van der Waals surface area contributed by atoms with Crippen LogP contribution in [0.1, 0.15) is 47.2 Å². The summed E-state index contributed by atoms with van der Waals surface area (Å²) in [5.41, 5.74) is 6.54. The SMILES string of the molecule is Cc1cc(C(C)(C)c2cc(C)c(OCCO)c(C)c2)cc(C)c1OCCO. The van der Waals surface area contributed by atoms with E-state index >= 15 is 0 Å². The molecule has 2 aromatic rings. The Hall–Kier alpha value is -2.04. The van der Waals surface area contributed by atoms with E-state index in [1.807, 2.05) is 27.7 Å². The van der Waals surface area contributed by atoms with Crippen LogP contribution in [0.15, 0.2) is 24.3 Å². The Labute approximate surface area is 162 Å². The number of aryl methyl sites for hydroxylation is 4. The molecule has 0 atom stereocenters. The molecule has 0 amide bonds. The molecule has 2 rings (SSSR count). The van der Waals surface area contributed by atoms with Crippen molar-refractivity contribution in [3.8, 4) is 11.5 Å². The van der Waals surface area contributed by atoms with Gasteiger partial charge >= 0.3 is 0 Å². The van der Waals surface area contributed by atoms with Crippen LogP contribution in [0.25, 0.3) is 0 Å². The standard InChI is InChI=1S/C23H32O4/c1-15-11-19(12-16(2)21(15)26-9-7-24)23(5,6)20-13-17(3)22(18(4)14-20)27-10-8-25/h11-14,24-25H,7-10H2,1-6H3. The largest absolute Gasteiger partial charge is 0.491 e. The lowest BCUT2D eigenvalue weighted by atomic mass is 9.76. The number of hydrogen-bond donors (Lipinski definition) is 2. The van der Waals surface area contributed by atoms with Crippen LogP contribution in [0.5, 0.6) is 11.5 Å². The molecule has 0 aliphatic carbocycles. The highest BCUT2D eigenvalue weighted by atomic mass is 16.5. The van der Waals surface area contributed by atoms with Crippen LogP contribution in [0.2, 0.25) is 0 Å². The van der Waals surface area contributed by atoms with E-state index in [1.165, 1.54) is 11.1 Å². The highest BCUT2D eigenvalue weighted by Gasteiger charge is 2.26. The van der Waals surface area contributed by atoms with Crippen LogP contribution < -0.4 is 9.47 Å². The summed E-state index contributed by atoms with van der Waals surface area (Å²) in [4.78, 5) is 0. The maximum atomic E-state index is 9.02. The van der Waals surface area contributed by atoms with Gasteiger partial charge in [-0.2, -0.15) is 0 Å². The second kappa shape index (κ2) is 8.77. The van der Waals surface area contributed by atoms with E-state index in [0.29, 0.717) is 13.2 Å². The summed E-state index contributed by atoms with van der Waals surface area (Å²) in [7, 11) is 0. The number of aliphatic hydroxyl groups is 2. The van der Waals surface area contributed by atoms with Gasteiger partial charge in [0.15, 0.2) is 0 Å². The molecule has 27 heavy (non-hydrogen) atoms. The van der Waals surface area contributed by atoms with Gasteiger partial charge in [-0.3, -0.25) is 0 Å². The van der Waals surface area contributed by atoms with Crippen molar-refractivity contribution in [2.75, 3.05) is 26.4 Å². The Morgan fingerprint density at radius 3 is 1.22 bits per heavy atom. The topological polar surface area (TPSA) is 58.9 Å². The Morgan fingerprint density at radius 2 is 0.963 bits per heavy atom. The van der Waals surface area contributed by atoms with Gasteiger partial charge in [-0.1, -0.05) is 38.1 Å². The van der Waals surface area contributed by atoms with Gasteiger partial charge in [-0.05, 0) is 61.1 Å². The van der Waals surface area contributed by atoms with Gasteiger partial charge in [0.1, 0.15) is 24.7 Å². The molecule has 0 aromatic heterocycles. The summed E-state index contributed by atoms with van der Waals surface area (Å²) in [6.07, 6.45) is 0. The first kappa shape index (κ1) is 21.3. The Balaban J connectivity index is 2.43. The molecular weight excluding hydrogens is 340 g/mol. The molecule has 0 spiro atoms. The third-order valence-electron chi connectivity index (χ3n) is 5.04. The fourth-order valence-electron chi connectivity index (χ4n) is 3.54. The number of benzene rings is 2. The van der Waals surface area contributed by atoms with E-state index in [1.54, 1.807) is 0 Å². The quantitative estimate of drug-likeness (QED) is 0.736. The van der Waals surface area contributed by atoms with Crippen molar-refractivity contribution in [1.29, 1.82) is 0 Å². The van der Waals surface area contributed by atoms with Gasteiger partial charge in [0.25, 0.3) is 0 Å². The molecule has 0 radical (unpaired) electrons. The van der Waals surface area contributed by atoms with Crippen LogP contribution in [0.4, 0.5) is 0 Å². The minimum atomic E-state index is -0.184. The molecule has 0 heterocycles. The Morgan fingerprint density at radius 1 is 0.667 bits per heavy atom. The molecule has 0 aliphatic heterocycles. The van der Waals surface area contributed by atoms with Crippen molar-refractivity contribution in [2.45, 2.75) is 47.0 Å². The lowest BCUT2D eigenvalue weighted by Crippen LogP contribution is -2.20. The van der Waals surface area contributed by atoms with Gasteiger partial charge in [0, 0.05) is 5.41 Å².